The molecule has 15 heavy (non-hydrogen) atoms. The lowest BCUT2D eigenvalue weighted by Crippen LogP contribution is -2.41. The van der Waals surface area contributed by atoms with E-state index in [1.54, 1.807) is 7.11 Å². The molecule has 0 saturated carbocycles. The van der Waals surface area contributed by atoms with E-state index in [1.807, 2.05) is 19.1 Å². The van der Waals surface area contributed by atoms with Crippen LogP contribution in [0.1, 0.15) is 19.4 Å². The Morgan fingerprint density at radius 1 is 1.53 bits per heavy atom. The molecule has 1 aromatic carbocycles. The van der Waals surface area contributed by atoms with Gasteiger partial charge in [0.05, 0.1) is 6.61 Å². The third-order valence-electron chi connectivity index (χ3n) is 2.89. The van der Waals surface area contributed by atoms with Gasteiger partial charge in [0, 0.05) is 23.0 Å². The van der Waals surface area contributed by atoms with E-state index in [4.69, 9.17) is 10.5 Å². The number of ether oxygens (including phenoxy) is 1. The van der Waals surface area contributed by atoms with E-state index in [-0.39, 0.29) is 11.5 Å². The summed E-state index contributed by atoms with van der Waals surface area (Å²) in [6.07, 6.45) is 0. The van der Waals surface area contributed by atoms with Crippen molar-refractivity contribution in [1.82, 2.24) is 0 Å². The first-order valence-corrected chi connectivity index (χ1v) is 5.81. The quantitative estimate of drug-likeness (QED) is 0.914. The highest BCUT2D eigenvalue weighted by molar-refractivity contribution is 9.10. The number of nitrogens with two attached hydrogens (primary N) is 1. The highest BCUT2D eigenvalue weighted by atomic mass is 79.9. The number of halogens is 1. The molecule has 0 fully saturated rings. The zero-order valence-corrected chi connectivity index (χ0v) is 11.0. The van der Waals surface area contributed by atoms with Crippen LogP contribution in [0.4, 0.5) is 0 Å². The minimum atomic E-state index is -0.361. The normalized spacial score (nSPS) is 17.1. The molecule has 0 heterocycles. The molecular formula is C12H18BrNO. The molecule has 0 bridgehead atoms. The van der Waals surface area contributed by atoms with Gasteiger partial charge >= 0.3 is 0 Å². The summed E-state index contributed by atoms with van der Waals surface area (Å²) in [5, 5.41) is 0. The number of hydrogen-bond donors (Lipinski definition) is 1. The standard InChI is InChI=1S/C12H18BrNO/c1-9(8-15-3)12(2,14)10-5-4-6-11(13)7-10/h4-7,9H,8,14H2,1-3H3. The van der Waals surface area contributed by atoms with E-state index in [0.717, 1.165) is 10.0 Å². The molecule has 0 aliphatic rings. The molecule has 0 aromatic heterocycles. The van der Waals surface area contributed by atoms with Crippen molar-refractivity contribution in [3.63, 3.8) is 0 Å². The predicted molar refractivity (Wildman–Crippen MR) is 66.7 cm³/mol. The topological polar surface area (TPSA) is 35.2 Å². The molecule has 0 saturated heterocycles. The van der Waals surface area contributed by atoms with E-state index < -0.39 is 0 Å². The third kappa shape index (κ3) is 3.03. The Morgan fingerprint density at radius 3 is 2.73 bits per heavy atom. The van der Waals surface area contributed by atoms with Crippen LogP contribution in [0.3, 0.4) is 0 Å². The SMILES string of the molecule is COCC(C)C(C)(N)c1cccc(Br)c1. The van der Waals surface area contributed by atoms with Gasteiger partial charge in [-0.15, -0.1) is 0 Å². The van der Waals surface area contributed by atoms with E-state index in [2.05, 4.69) is 35.0 Å². The van der Waals surface area contributed by atoms with Gasteiger partial charge in [-0.2, -0.15) is 0 Å². The second kappa shape index (κ2) is 5.10. The molecule has 0 radical (unpaired) electrons. The lowest BCUT2D eigenvalue weighted by molar-refractivity contribution is 0.121. The second-order valence-corrected chi connectivity index (χ2v) is 5.07. The first-order chi connectivity index (χ1) is 6.98. The maximum absolute atomic E-state index is 6.34. The Kier molecular flexibility index (Phi) is 4.32. The number of rotatable bonds is 4. The fourth-order valence-corrected chi connectivity index (χ4v) is 1.93. The van der Waals surface area contributed by atoms with Crippen molar-refractivity contribution in [3.05, 3.63) is 34.3 Å². The summed E-state index contributed by atoms with van der Waals surface area (Å²) in [5.74, 6) is 0.275. The lowest BCUT2D eigenvalue weighted by atomic mass is 9.82. The van der Waals surface area contributed by atoms with Gasteiger partial charge in [0.25, 0.3) is 0 Å². The largest absolute Gasteiger partial charge is 0.384 e. The number of hydrogen-bond acceptors (Lipinski definition) is 2. The Hall–Kier alpha value is -0.380. The number of methoxy groups -OCH3 is 1. The van der Waals surface area contributed by atoms with Crippen molar-refractivity contribution in [1.29, 1.82) is 0 Å². The van der Waals surface area contributed by atoms with Crippen molar-refractivity contribution in [2.75, 3.05) is 13.7 Å². The van der Waals surface area contributed by atoms with Crippen LogP contribution in [0, 0.1) is 5.92 Å². The maximum atomic E-state index is 6.34. The van der Waals surface area contributed by atoms with Crippen LogP contribution in [-0.4, -0.2) is 13.7 Å². The molecule has 0 spiro atoms. The molecule has 2 unspecified atom stereocenters. The highest BCUT2D eigenvalue weighted by Gasteiger charge is 2.28. The molecule has 0 amide bonds. The smallest absolute Gasteiger partial charge is 0.0508 e. The zero-order chi connectivity index (χ0) is 11.5. The second-order valence-electron chi connectivity index (χ2n) is 4.15. The van der Waals surface area contributed by atoms with Crippen molar-refractivity contribution in [2.24, 2.45) is 11.7 Å². The lowest BCUT2D eigenvalue weighted by Gasteiger charge is -2.32. The van der Waals surface area contributed by atoms with Gasteiger partial charge in [0.15, 0.2) is 0 Å². The van der Waals surface area contributed by atoms with Crippen molar-refractivity contribution >= 4 is 15.9 Å². The van der Waals surface area contributed by atoms with Crippen molar-refractivity contribution < 1.29 is 4.74 Å². The summed E-state index contributed by atoms with van der Waals surface area (Å²) in [6.45, 7) is 4.81. The molecular weight excluding hydrogens is 254 g/mol. The predicted octanol–water partition coefficient (Wildman–Crippen LogP) is 2.91. The molecule has 2 nitrogen and oxygen atoms in total. The molecule has 0 aliphatic heterocycles. The van der Waals surface area contributed by atoms with Gasteiger partial charge in [-0.05, 0) is 24.6 Å². The Balaban J connectivity index is 2.94. The summed E-state index contributed by atoms with van der Waals surface area (Å²) >= 11 is 3.46. The molecule has 1 rings (SSSR count). The minimum Gasteiger partial charge on any atom is -0.384 e. The maximum Gasteiger partial charge on any atom is 0.0508 e. The highest BCUT2D eigenvalue weighted by Crippen LogP contribution is 2.28. The van der Waals surface area contributed by atoms with E-state index in [1.165, 1.54) is 0 Å². The van der Waals surface area contributed by atoms with Gasteiger partial charge in [-0.1, -0.05) is 35.0 Å². The third-order valence-corrected chi connectivity index (χ3v) is 3.38. The van der Waals surface area contributed by atoms with Gasteiger partial charge in [0.2, 0.25) is 0 Å². The Labute approximate surface area is 99.9 Å². The van der Waals surface area contributed by atoms with Crippen molar-refractivity contribution in [3.8, 4) is 0 Å². The average Bonchev–Trinajstić information content (AvgIpc) is 2.18. The summed E-state index contributed by atoms with van der Waals surface area (Å²) in [6, 6.07) is 8.12. The van der Waals surface area contributed by atoms with Crippen molar-refractivity contribution in [2.45, 2.75) is 19.4 Å². The molecule has 2 atom stereocenters. The van der Waals surface area contributed by atoms with E-state index >= 15 is 0 Å². The zero-order valence-electron chi connectivity index (χ0n) is 9.46. The first kappa shape index (κ1) is 12.7. The van der Waals surface area contributed by atoms with E-state index in [0.29, 0.717) is 6.61 Å². The summed E-state index contributed by atoms with van der Waals surface area (Å²) < 4.78 is 6.21. The first-order valence-electron chi connectivity index (χ1n) is 5.02. The minimum absolute atomic E-state index is 0.275. The number of benzene rings is 1. The molecule has 84 valence electrons. The molecule has 0 aliphatic carbocycles. The van der Waals surface area contributed by atoms with Gasteiger partial charge < -0.3 is 10.5 Å². The van der Waals surface area contributed by atoms with Crippen LogP contribution in [0.2, 0.25) is 0 Å². The van der Waals surface area contributed by atoms with Crippen LogP contribution < -0.4 is 5.73 Å². The summed E-state index contributed by atoms with van der Waals surface area (Å²) in [4.78, 5) is 0. The molecule has 1 aromatic rings. The summed E-state index contributed by atoms with van der Waals surface area (Å²) in [5.41, 5.74) is 7.10. The fraction of sp³-hybridized carbons (Fsp3) is 0.500. The Bertz CT molecular complexity index is 325. The fourth-order valence-electron chi connectivity index (χ4n) is 1.53. The van der Waals surface area contributed by atoms with Gasteiger partial charge in [-0.3, -0.25) is 0 Å². The Morgan fingerprint density at radius 2 is 2.20 bits per heavy atom. The van der Waals surface area contributed by atoms with E-state index in [9.17, 15) is 0 Å². The summed E-state index contributed by atoms with van der Waals surface area (Å²) in [7, 11) is 1.70. The van der Waals surface area contributed by atoms with Crippen LogP contribution in [-0.2, 0) is 10.3 Å². The van der Waals surface area contributed by atoms with Gasteiger partial charge in [-0.25, -0.2) is 0 Å². The van der Waals surface area contributed by atoms with Crippen LogP contribution in [0.25, 0.3) is 0 Å². The molecule has 3 heteroatoms. The van der Waals surface area contributed by atoms with Crippen LogP contribution in [0.5, 0.6) is 0 Å². The average molecular weight is 272 g/mol. The van der Waals surface area contributed by atoms with Crippen LogP contribution >= 0.6 is 15.9 Å². The monoisotopic (exact) mass is 271 g/mol. The van der Waals surface area contributed by atoms with Gasteiger partial charge in [0.1, 0.15) is 0 Å². The van der Waals surface area contributed by atoms with Crippen LogP contribution in [0.15, 0.2) is 28.7 Å². The molecule has 2 N–H and O–H groups in total.